The van der Waals surface area contributed by atoms with E-state index in [0.717, 1.165) is 10.5 Å². The summed E-state index contributed by atoms with van der Waals surface area (Å²) in [6.45, 7) is -3.48. The number of hydrogen-bond donors (Lipinski definition) is 22. The molecule has 2 saturated heterocycles. The first-order valence-electron chi connectivity index (χ1n) is 43.5. The molecule has 133 heavy (non-hydrogen) atoms. The van der Waals surface area contributed by atoms with Crippen LogP contribution in [0.3, 0.4) is 0 Å². The molecule has 3 aliphatic rings. The number of amides is 13. The van der Waals surface area contributed by atoms with Crippen LogP contribution in [-0.2, 0) is 101 Å². The minimum atomic E-state index is -1.86. The van der Waals surface area contributed by atoms with E-state index in [0.29, 0.717) is 47.4 Å². The zero-order chi connectivity index (χ0) is 97.2. The zero-order valence-electron chi connectivity index (χ0n) is 73.7. The lowest BCUT2D eigenvalue weighted by molar-refractivity contribution is -0.141. The Morgan fingerprint density at radius 1 is 0.504 bits per heavy atom. The number of anilines is 1. The van der Waals surface area contributed by atoms with Gasteiger partial charge in [0.05, 0.1) is 62.4 Å². The number of carbonyl (C=O) groups excluding carboxylic acids is 12. The van der Waals surface area contributed by atoms with Gasteiger partial charge in [0, 0.05) is 123 Å². The van der Waals surface area contributed by atoms with Crippen LogP contribution in [0.1, 0.15) is 130 Å². The number of urea groups is 1. The Morgan fingerprint density at radius 2 is 1.01 bits per heavy atom. The first-order valence-corrected chi connectivity index (χ1v) is 43.5. The van der Waals surface area contributed by atoms with E-state index in [1.807, 2.05) is 24.3 Å². The maximum atomic E-state index is 14.7. The highest BCUT2D eigenvalue weighted by atomic mass is 16.4. The van der Waals surface area contributed by atoms with Crippen molar-refractivity contribution in [3.05, 3.63) is 95.3 Å². The molecule has 4 aromatic rings. The van der Waals surface area contributed by atoms with Crippen LogP contribution in [0, 0.1) is 5.41 Å². The molecule has 0 aliphatic carbocycles. The Kier molecular flexibility index (Phi) is 43.3. The van der Waals surface area contributed by atoms with Gasteiger partial charge in [0.1, 0.15) is 54.7 Å². The van der Waals surface area contributed by atoms with Crippen molar-refractivity contribution >= 4 is 135 Å². The number of carbonyl (C=O) groups is 19. The molecule has 726 valence electrons. The molecule has 49 nitrogen and oxygen atoms in total. The van der Waals surface area contributed by atoms with Crippen molar-refractivity contribution in [2.75, 3.05) is 130 Å². The molecule has 7 atom stereocenters. The van der Waals surface area contributed by atoms with Gasteiger partial charge in [-0.05, 0) is 106 Å². The molecule has 2 fully saturated rings. The Hall–Kier alpha value is -14.2. The van der Waals surface area contributed by atoms with Crippen molar-refractivity contribution in [1.82, 2.24) is 103 Å². The van der Waals surface area contributed by atoms with Gasteiger partial charge in [0.25, 0.3) is 5.91 Å². The number of imidazole rings is 1. The van der Waals surface area contributed by atoms with E-state index < -0.39 is 239 Å². The predicted octanol–water partition coefficient (Wildman–Crippen LogP) is -4.06. The fourth-order valence-electron chi connectivity index (χ4n) is 14.8. The molecule has 3 aromatic carbocycles. The van der Waals surface area contributed by atoms with Crippen LogP contribution in [0.5, 0.6) is 0 Å². The van der Waals surface area contributed by atoms with E-state index in [1.54, 1.807) is 55.6 Å². The van der Waals surface area contributed by atoms with Crippen molar-refractivity contribution in [2.24, 2.45) is 5.73 Å². The van der Waals surface area contributed by atoms with Gasteiger partial charge in [-0.1, -0.05) is 55.3 Å². The minimum absolute atomic E-state index is 0.0224. The lowest BCUT2D eigenvalue weighted by Crippen LogP contribution is -2.58. The van der Waals surface area contributed by atoms with Gasteiger partial charge >= 0.3 is 47.8 Å². The first kappa shape index (κ1) is 106. The monoisotopic (exact) mass is 1870 g/mol. The number of unbranched alkanes of at least 4 members (excludes halogenated alkanes) is 4. The van der Waals surface area contributed by atoms with Gasteiger partial charge in [0.2, 0.25) is 59.1 Å². The number of para-hydroxylation sites is 2. The molecular weight excluding hydrogens is 1750 g/mol. The molecule has 3 unspecified atom stereocenters. The molecule has 13 amide bonds. The summed E-state index contributed by atoms with van der Waals surface area (Å²) in [5, 5.41) is 105. The summed E-state index contributed by atoms with van der Waals surface area (Å²) in [6.07, 6.45) is -3.78. The smallest absolute Gasteiger partial charge is 0.339 e. The number of nitrogens with zero attached hydrogens (tertiary/aromatic N) is 8. The maximum Gasteiger partial charge on any atom is 0.339 e. The summed E-state index contributed by atoms with van der Waals surface area (Å²) in [7, 11) is 1.60. The SMILES string of the molecule is CN(Cc1nc2ccccc2[nH]1)C(=O)c1ccc2c(c1)CN(CCCCCCNC(=O)[C@H](CCC(=O)NCCCCC1NC(=O)[C@@H](Cc3ccccc3)NC(=O)[C@H](CC(=O)O)NC(=O)CNC(=O)C(CCCNC(=N)N)NC1=O)NC(=O)[C@@H](CCC(=O)O)NC(=O)C(CCC(=O)O)NC(=O)CN1CCN(CC(=O)O)CCN(CC(=O)O)CCN(CC(=O)O)CC1)C(=O)N(CC(=O)O)N2. The lowest BCUT2D eigenvalue weighted by Gasteiger charge is -2.33. The van der Waals surface area contributed by atoms with Crippen molar-refractivity contribution in [1.29, 1.82) is 5.41 Å². The number of benzene rings is 3. The van der Waals surface area contributed by atoms with Gasteiger partial charge < -0.3 is 115 Å². The molecule has 0 saturated carbocycles. The number of hydrazine groups is 1. The first-order chi connectivity index (χ1) is 63.3. The Labute approximate surface area is 763 Å². The normalized spacial score (nSPS) is 17.8. The van der Waals surface area contributed by atoms with Gasteiger partial charge in [-0.2, -0.15) is 0 Å². The Balaban J connectivity index is 1.07. The van der Waals surface area contributed by atoms with Crippen molar-refractivity contribution in [3.63, 3.8) is 0 Å². The fourth-order valence-corrected chi connectivity index (χ4v) is 14.8. The van der Waals surface area contributed by atoms with Crippen LogP contribution in [0.4, 0.5) is 10.5 Å². The number of carboxylic acids is 7. The predicted molar refractivity (Wildman–Crippen MR) is 470 cm³/mol. The number of nitrogens with two attached hydrogens (primary N) is 1. The van der Waals surface area contributed by atoms with Crippen molar-refractivity contribution in [3.8, 4) is 0 Å². The second-order valence-electron chi connectivity index (χ2n) is 32.3. The summed E-state index contributed by atoms with van der Waals surface area (Å²) in [6, 6.07) is 8.20. The van der Waals surface area contributed by atoms with Crippen LogP contribution in [0.2, 0.25) is 0 Å². The highest BCUT2D eigenvalue weighted by Gasteiger charge is 2.37. The average Bonchev–Trinajstić information content (AvgIpc) is 1.73. The molecular formula is C84H119N23O26. The summed E-state index contributed by atoms with van der Waals surface area (Å²) in [5.41, 5.74) is 11.5. The van der Waals surface area contributed by atoms with Gasteiger partial charge in [-0.3, -0.25) is 117 Å². The second kappa shape index (κ2) is 54.4. The molecule has 0 bridgehead atoms. The zero-order valence-corrected chi connectivity index (χ0v) is 73.7. The largest absolute Gasteiger partial charge is 0.481 e. The number of hydrogen-bond acceptors (Lipinski definition) is 26. The summed E-state index contributed by atoms with van der Waals surface area (Å²) < 4.78 is 0. The average molecular weight is 1870 g/mol. The number of nitrogens with one attached hydrogen (secondary N) is 14. The number of aromatic amines is 1. The van der Waals surface area contributed by atoms with Crippen LogP contribution >= 0.6 is 0 Å². The van der Waals surface area contributed by atoms with Crippen LogP contribution < -0.4 is 69.6 Å². The number of carboxylic acid groups (broad SMARTS) is 7. The third-order valence-corrected chi connectivity index (χ3v) is 21.7. The quantitative estimate of drug-likeness (QED) is 0.0114. The van der Waals surface area contributed by atoms with Crippen LogP contribution in [0.15, 0.2) is 72.8 Å². The summed E-state index contributed by atoms with van der Waals surface area (Å²) in [5.74, 6) is -19.4. The molecule has 1 aromatic heterocycles. The number of guanidine groups is 1. The van der Waals surface area contributed by atoms with E-state index in [9.17, 15) is 127 Å². The molecule has 7 rings (SSSR count). The minimum Gasteiger partial charge on any atom is -0.481 e. The van der Waals surface area contributed by atoms with E-state index in [-0.39, 0.29) is 148 Å². The number of H-pyrrole nitrogens is 1. The third-order valence-electron chi connectivity index (χ3n) is 21.7. The maximum absolute atomic E-state index is 14.7. The topological polar surface area (TPSA) is 712 Å². The van der Waals surface area contributed by atoms with Crippen LogP contribution in [-0.4, -0.2) is 366 Å². The van der Waals surface area contributed by atoms with Gasteiger partial charge in [-0.25, -0.2) is 14.8 Å². The number of rotatable bonds is 48. The Bertz CT molecular complexity index is 4710. The number of aromatic nitrogens is 2. The van der Waals surface area contributed by atoms with Crippen molar-refractivity contribution in [2.45, 2.75) is 165 Å². The van der Waals surface area contributed by atoms with Gasteiger partial charge in [0.15, 0.2) is 5.96 Å². The standard InChI is InChI=1S/C84H119N23O26/c1-101(45-64-91-55-16-7-8-17-56(55)92-64)82(132)52-20-21-54-53(41-52)44-106(84(133)107(100-54)50-74(123)124)31-12-3-2-10-29-88-75(125)59(97-79(129)61(24-27-69(113)114)98-78(128)60(23-26-68(111)112)93-67(110)46-102-32-34-103(47-71(117)118)36-38-105(49-73(121)122)39-37-104(35-33-102)48-72(119)120)22-25-65(108)87-28-11-9-18-58-77(127)95-57(19-13-30-89-83(85)86)76(126)90-43-66(109)94-63(42-70(115)116)81(131)99-62(80(130)96-58)40-51-14-5-4-6-15-51/h4-8,14-17,20-21,41,57-63,100H,2-3,9-13,18-19,22-40,42-50H2,1H3,(H,87,108)(H,88,125)(H,90,126)(H,91,92)(H,93,110)(H,94,109)(H,95,127)(H,96,130)(H,97,129)(H,98,128)(H,99,131)(H,111,112)(H,113,114)(H,115,116)(H,117,118)(H,119,120)(H,121,122)(H,123,124)(H4,85,86,89)/t57?,58?,59-,60?,61+,62+,63-/m0/s1. The van der Waals surface area contributed by atoms with Gasteiger partial charge in [-0.15, -0.1) is 0 Å². The highest BCUT2D eigenvalue weighted by Crippen LogP contribution is 2.27. The van der Waals surface area contributed by atoms with E-state index >= 15 is 0 Å². The molecule has 23 N–H and O–H groups in total. The second-order valence-corrected chi connectivity index (χ2v) is 32.3. The van der Waals surface area contributed by atoms with Crippen LogP contribution in [0.25, 0.3) is 11.0 Å². The molecule has 49 heteroatoms. The van der Waals surface area contributed by atoms with E-state index in [4.69, 9.17) is 11.1 Å². The molecule has 3 aliphatic heterocycles. The lowest BCUT2D eigenvalue weighted by atomic mass is 10.0. The summed E-state index contributed by atoms with van der Waals surface area (Å²) in [4.78, 5) is 270. The fraction of sp³-hybridized carbons (Fsp3) is 0.536. The molecule has 0 spiro atoms. The number of aliphatic carboxylic acids is 7. The van der Waals surface area contributed by atoms with Crippen molar-refractivity contribution < 1.29 is 127 Å². The summed E-state index contributed by atoms with van der Waals surface area (Å²) >= 11 is 0. The highest BCUT2D eigenvalue weighted by molar-refractivity contribution is 6.00. The van der Waals surface area contributed by atoms with E-state index in [2.05, 4.69) is 73.9 Å². The van der Waals surface area contributed by atoms with E-state index in [1.165, 1.54) is 29.4 Å². The third kappa shape index (κ3) is 38.4. The molecule has 4 heterocycles. The number of fused-ring (bicyclic) bond motifs is 2. The molecule has 0 radical (unpaired) electrons. The Morgan fingerprint density at radius 3 is 1.59 bits per heavy atom.